The molecule has 0 radical (unpaired) electrons. The van der Waals surface area contributed by atoms with Crippen LogP contribution >= 0.6 is 0 Å². The normalized spacial score (nSPS) is 15.8. The van der Waals surface area contributed by atoms with Gasteiger partial charge in [-0.15, -0.1) is 0 Å². The van der Waals surface area contributed by atoms with E-state index in [4.69, 9.17) is 15.9 Å². The lowest BCUT2D eigenvalue weighted by Crippen LogP contribution is -2.41. The maximum absolute atomic E-state index is 12.3. The van der Waals surface area contributed by atoms with Crippen molar-refractivity contribution in [2.24, 2.45) is 5.92 Å². The first kappa shape index (κ1) is 22.8. The summed E-state index contributed by atoms with van der Waals surface area (Å²) in [5, 5.41) is 23.4. The first-order valence-corrected chi connectivity index (χ1v) is 10.2. The molecular weight excluding hydrogens is 419 g/mol. The van der Waals surface area contributed by atoms with Crippen LogP contribution in [0.5, 0.6) is 0 Å². The van der Waals surface area contributed by atoms with Gasteiger partial charge in [-0.1, -0.05) is 12.1 Å². The highest BCUT2D eigenvalue weighted by atomic mass is 16.4. The second-order valence-corrected chi connectivity index (χ2v) is 7.76. The number of carbonyl (C=O) groups is 3. The minimum absolute atomic E-state index is 0.0837. The van der Waals surface area contributed by atoms with Crippen LogP contribution in [0.3, 0.4) is 0 Å². The maximum Gasteiger partial charge on any atom is 0.326 e. The minimum atomic E-state index is -1.28. The van der Waals surface area contributed by atoms with Gasteiger partial charge in [0.1, 0.15) is 11.9 Å². The number of nitrogens with two attached hydrogens (primary N) is 1. The molecule has 0 saturated heterocycles. The van der Waals surface area contributed by atoms with Crippen LogP contribution in [0.2, 0.25) is 0 Å². The second-order valence-electron chi connectivity index (χ2n) is 7.76. The molecule has 3 rings (SSSR count). The number of rotatable bonds is 9. The van der Waals surface area contributed by atoms with Gasteiger partial charge in [-0.05, 0) is 49.3 Å². The number of nitrogen functional groups attached to an aromatic ring is 1. The summed E-state index contributed by atoms with van der Waals surface area (Å²) in [5.41, 5.74) is 7.22. The van der Waals surface area contributed by atoms with Crippen LogP contribution < -0.4 is 21.9 Å². The molecule has 2 atom stereocenters. The third kappa shape index (κ3) is 5.84. The Hall–Kier alpha value is -3.89. The first-order chi connectivity index (χ1) is 15.2. The minimum Gasteiger partial charge on any atom is -0.481 e. The van der Waals surface area contributed by atoms with Gasteiger partial charge in [-0.3, -0.25) is 19.4 Å². The third-order valence-electron chi connectivity index (χ3n) is 5.39. The van der Waals surface area contributed by atoms with E-state index >= 15 is 0 Å². The monoisotopic (exact) mass is 444 g/mol. The molecule has 2 heterocycles. The number of aliphatic carboxylic acids is 2. The summed E-state index contributed by atoms with van der Waals surface area (Å²) in [5.74, 6) is -2.13. The molecule has 1 unspecified atom stereocenters. The van der Waals surface area contributed by atoms with Gasteiger partial charge in [0.25, 0.3) is 11.5 Å². The average Bonchev–Trinajstić information content (AvgIpc) is 2.75. The fraction of sp³-hybridized carbons (Fsp3) is 0.381. The number of benzene rings is 1. The fourth-order valence-corrected chi connectivity index (χ4v) is 3.62. The lowest BCUT2D eigenvalue weighted by Gasteiger charge is -2.24. The van der Waals surface area contributed by atoms with Gasteiger partial charge in [0.15, 0.2) is 0 Å². The number of carbonyl (C=O) groups excluding carboxylic acids is 1. The molecule has 7 N–H and O–H groups in total. The number of hydrogen-bond acceptors (Lipinski definition) is 7. The Balaban J connectivity index is 1.54. The number of amides is 1. The molecule has 11 nitrogen and oxygen atoms in total. The van der Waals surface area contributed by atoms with Gasteiger partial charge < -0.3 is 26.6 Å². The first-order valence-electron chi connectivity index (χ1n) is 10.2. The van der Waals surface area contributed by atoms with E-state index in [2.05, 4.69) is 20.6 Å². The van der Waals surface area contributed by atoms with E-state index in [1.807, 2.05) is 0 Å². The van der Waals surface area contributed by atoms with Crippen molar-refractivity contribution in [3.8, 4) is 0 Å². The van der Waals surface area contributed by atoms with Gasteiger partial charge >= 0.3 is 11.9 Å². The zero-order valence-electron chi connectivity index (χ0n) is 17.3. The van der Waals surface area contributed by atoms with Crippen molar-refractivity contribution >= 4 is 29.6 Å². The van der Waals surface area contributed by atoms with Crippen molar-refractivity contribution in [1.29, 1.82) is 0 Å². The standard InChI is InChI=1S/C21H25N5O6/c22-21-25-17-14(19(30)26-21)9-12(10-23-17)2-1-11-3-5-13(6-4-11)18(29)24-15(20(31)32)7-8-16(27)28/h3-6,12,15H,1-2,7-10H2,(H,24,29)(H,27,28)(H,31,32)(H4,22,23,25,26,30)/t12?,15-/m0/s1/i24+1. The second kappa shape index (κ2) is 9.94. The van der Waals surface area contributed by atoms with Crippen LogP contribution in [0.1, 0.15) is 40.7 Å². The quantitative estimate of drug-likeness (QED) is 0.301. The molecule has 1 aromatic carbocycles. The molecule has 0 fully saturated rings. The number of fused-ring (bicyclic) bond motifs is 1. The number of nitrogens with zero attached hydrogens (tertiary/aromatic N) is 1. The number of carboxylic acids is 2. The topological polar surface area (TPSA) is 187 Å². The van der Waals surface area contributed by atoms with Crippen LogP contribution in [-0.4, -0.2) is 50.6 Å². The summed E-state index contributed by atoms with van der Waals surface area (Å²) in [7, 11) is 0. The van der Waals surface area contributed by atoms with E-state index in [1.165, 1.54) is 0 Å². The van der Waals surface area contributed by atoms with Crippen molar-refractivity contribution in [3.63, 3.8) is 0 Å². The molecule has 170 valence electrons. The van der Waals surface area contributed by atoms with E-state index in [1.54, 1.807) is 24.3 Å². The van der Waals surface area contributed by atoms with Crippen LogP contribution in [-0.2, 0) is 22.4 Å². The summed E-state index contributed by atoms with van der Waals surface area (Å²) in [6.45, 7) is 0.677. The predicted octanol–water partition coefficient (Wildman–Crippen LogP) is 0.617. The summed E-state index contributed by atoms with van der Waals surface area (Å²) >= 11 is 0. The maximum atomic E-state index is 12.3. The Labute approximate surface area is 183 Å². The van der Waals surface area contributed by atoms with Gasteiger partial charge in [0.05, 0.1) is 5.56 Å². The number of aromatic nitrogens is 2. The number of anilines is 2. The number of H-pyrrole nitrogens is 1. The van der Waals surface area contributed by atoms with Crippen molar-refractivity contribution in [3.05, 3.63) is 51.3 Å². The number of hydrogen-bond donors (Lipinski definition) is 6. The Morgan fingerprint density at radius 3 is 2.59 bits per heavy atom. The number of aromatic amines is 1. The van der Waals surface area contributed by atoms with E-state index in [0.29, 0.717) is 29.9 Å². The molecule has 11 heteroatoms. The SMILES string of the molecule is Nc1nc2c(c(=O)[nH]1)CC(CCc1ccc(C(=O)[15NH][C@@H](CCC(=O)O)C(=O)O)cc1)CN2. The molecule has 0 bridgehead atoms. The highest BCUT2D eigenvalue weighted by Crippen LogP contribution is 2.23. The van der Waals surface area contributed by atoms with Crippen LogP contribution in [0, 0.1) is 5.92 Å². The number of aryl methyl sites for hydroxylation is 1. The van der Waals surface area contributed by atoms with E-state index in [9.17, 15) is 19.2 Å². The smallest absolute Gasteiger partial charge is 0.326 e. The zero-order chi connectivity index (χ0) is 23.3. The summed E-state index contributed by atoms with van der Waals surface area (Å²) in [6, 6.07) is 5.52. The summed E-state index contributed by atoms with van der Waals surface area (Å²) in [4.78, 5) is 52.9. The van der Waals surface area contributed by atoms with Crippen molar-refractivity contribution in [1.82, 2.24) is 15.3 Å². The Morgan fingerprint density at radius 2 is 1.94 bits per heavy atom. The third-order valence-corrected chi connectivity index (χ3v) is 5.39. The molecule has 1 aliphatic rings. The van der Waals surface area contributed by atoms with Crippen LogP contribution in [0.4, 0.5) is 11.8 Å². The largest absolute Gasteiger partial charge is 0.481 e. The van der Waals surface area contributed by atoms with Crippen LogP contribution in [0.25, 0.3) is 0 Å². The van der Waals surface area contributed by atoms with Gasteiger partial charge in [-0.2, -0.15) is 4.98 Å². The zero-order valence-corrected chi connectivity index (χ0v) is 17.3. The van der Waals surface area contributed by atoms with Crippen molar-refractivity contribution in [2.45, 2.75) is 38.1 Å². The highest BCUT2D eigenvalue weighted by molar-refractivity contribution is 5.96. The molecule has 0 aliphatic carbocycles. The van der Waals surface area contributed by atoms with E-state index in [0.717, 1.165) is 18.4 Å². The highest BCUT2D eigenvalue weighted by Gasteiger charge is 2.23. The molecule has 1 aromatic heterocycles. The number of carboxylic acid groups (broad SMARTS) is 2. The molecular formula is C21H25N5O6. The Bertz CT molecular complexity index is 1070. The lowest BCUT2D eigenvalue weighted by atomic mass is 9.91. The van der Waals surface area contributed by atoms with Crippen molar-refractivity contribution in [2.75, 3.05) is 17.6 Å². The average molecular weight is 444 g/mol. The van der Waals surface area contributed by atoms with Crippen molar-refractivity contribution < 1.29 is 24.6 Å². The predicted molar refractivity (Wildman–Crippen MR) is 115 cm³/mol. The fourth-order valence-electron chi connectivity index (χ4n) is 3.62. The molecule has 0 spiro atoms. The van der Waals surface area contributed by atoms with Gasteiger partial charge in [0.2, 0.25) is 5.95 Å². The molecule has 32 heavy (non-hydrogen) atoms. The van der Waals surface area contributed by atoms with E-state index in [-0.39, 0.29) is 30.3 Å². The summed E-state index contributed by atoms with van der Waals surface area (Å²) < 4.78 is 0. The van der Waals surface area contributed by atoms with E-state index < -0.39 is 23.9 Å². The molecule has 1 amide bonds. The summed E-state index contributed by atoms with van der Waals surface area (Å²) in [6.07, 6.45) is 1.60. The van der Waals surface area contributed by atoms with Gasteiger partial charge in [0, 0.05) is 18.5 Å². The lowest BCUT2D eigenvalue weighted by molar-refractivity contribution is -0.140. The van der Waals surface area contributed by atoms with Crippen LogP contribution in [0.15, 0.2) is 29.1 Å². The molecule has 2 aromatic rings. The molecule has 1 aliphatic heterocycles. The van der Waals surface area contributed by atoms with Gasteiger partial charge in [-0.25, -0.2) is 4.79 Å². The number of nitrogens with one attached hydrogen (secondary N) is 3. The Kier molecular flexibility index (Phi) is 7.08. The Morgan fingerprint density at radius 1 is 1.22 bits per heavy atom. The molecule has 0 saturated carbocycles.